The summed E-state index contributed by atoms with van der Waals surface area (Å²) in [5.74, 6) is 0.0639. The van der Waals surface area contributed by atoms with E-state index in [0.29, 0.717) is 17.1 Å². The number of hydrogen-bond donors (Lipinski definition) is 2. The van der Waals surface area contributed by atoms with Gasteiger partial charge in [-0.3, -0.25) is 19.6 Å². The third-order valence-electron chi connectivity index (χ3n) is 3.76. The first kappa shape index (κ1) is 17.7. The van der Waals surface area contributed by atoms with Crippen molar-refractivity contribution in [1.29, 1.82) is 0 Å². The fourth-order valence-corrected chi connectivity index (χ4v) is 2.41. The molecule has 1 atom stereocenters. The Balaban J connectivity index is 1.90. The zero-order valence-electron chi connectivity index (χ0n) is 13.8. The maximum Gasteiger partial charge on any atom is 0.312 e. The third kappa shape index (κ3) is 3.80. The van der Waals surface area contributed by atoms with Gasteiger partial charge in [-0.25, -0.2) is 0 Å². The van der Waals surface area contributed by atoms with Crippen LogP contribution in [0.4, 0.5) is 5.69 Å². The van der Waals surface area contributed by atoms with Crippen LogP contribution in [0.2, 0.25) is 0 Å². The van der Waals surface area contributed by atoms with Crippen LogP contribution in [0.25, 0.3) is 0 Å². The van der Waals surface area contributed by atoms with Gasteiger partial charge >= 0.3 is 5.69 Å². The largest absolute Gasteiger partial charge is 0.466 e. The van der Waals surface area contributed by atoms with E-state index >= 15 is 0 Å². The minimum absolute atomic E-state index is 0.00336. The molecule has 9 nitrogen and oxygen atoms in total. The smallest absolute Gasteiger partial charge is 0.312 e. The summed E-state index contributed by atoms with van der Waals surface area (Å²) in [6.07, 6.45) is 1.54. The van der Waals surface area contributed by atoms with Crippen molar-refractivity contribution in [2.45, 2.75) is 39.3 Å². The zero-order valence-corrected chi connectivity index (χ0v) is 13.8. The second-order valence-corrected chi connectivity index (χ2v) is 5.78. The summed E-state index contributed by atoms with van der Waals surface area (Å²) in [5, 5.41) is 27.9. The third-order valence-corrected chi connectivity index (χ3v) is 3.76. The first-order valence-corrected chi connectivity index (χ1v) is 7.44. The Morgan fingerprint density at radius 1 is 1.54 bits per heavy atom. The first-order chi connectivity index (χ1) is 11.2. The second-order valence-electron chi connectivity index (χ2n) is 5.78. The van der Waals surface area contributed by atoms with E-state index in [2.05, 4.69) is 10.4 Å². The number of aromatic nitrogens is 2. The van der Waals surface area contributed by atoms with Crippen LogP contribution in [-0.2, 0) is 16.9 Å². The molecule has 0 radical (unpaired) electrons. The number of nitrogens with zero attached hydrogens (tertiary/aromatic N) is 3. The molecule has 0 saturated carbocycles. The molecule has 2 rings (SSSR count). The predicted octanol–water partition coefficient (Wildman–Crippen LogP) is 1.42. The number of carbonyl (C=O) groups excluding carboxylic acids is 1. The average molecular weight is 336 g/mol. The Kier molecular flexibility index (Phi) is 5.03. The Morgan fingerprint density at radius 2 is 2.25 bits per heavy atom. The summed E-state index contributed by atoms with van der Waals surface area (Å²) >= 11 is 0. The van der Waals surface area contributed by atoms with Gasteiger partial charge in [-0.1, -0.05) is 0 Å². The van der Waals surface area contributed by atoms with E-state index in [1.54, 1.807) is 26.0 Å². The second kappa shape index (κ2) is 6.83. The molecule has 0 fully saturated rings. The SMILES string of the molecule is Cc1nn(CCC(=O)NCC(C)(O)c2ccco2)c(C)c1[N+](=O)[O-]. The van der Waals surface area contributed by atoms with Crippen molar-refractivity contribution in [3.8, 4) is 0 Å². The van der Waals surface area contributed by atoms with E-state index in [1.165, 1.54) is 17.9 Å². The summed E-state index contributed by atoms with van der Waals surface area (Å²) in [7, 11) is 0. The van der Waals surface area contributed by atoms with E-state index in [9.17, 15) is 20.0 Å². The molecule has 0 aliphatic carbocycles. The Labute approximate surface area is 138 Å². The van der Waals surface area contributed by atoms with Gasteiger partial charge in [-0.15, -0.1) is 0 Å². The minimum atomic E-state index is -1.31. The highest BCUT2D eigenvalue weighted by Gasteiger charge is 2.27. The summed E-state index contributed by atoms with van der Waals surface area (Å²) in [4.78, 5) is 22.4. The van der Waals surface area contributed by atoms with E-state index < -0.39 is 10.5 Å². The molecule has 130 valence electrons. The monoisotopic (exact) mass is 336 g/mol. The van der Waals surface area contributed by atoms with Crippen LogP contribution in [0.1, 0.15) is 30.5 Å². The van der Waals surface area contributed by atoms with Crippen LogP contribution in [0.3, 0.4) is 0 Å². The van der Waals surface area contributed by atoms with Gasteiger partial charge < -0.3 is 14.8 Å². The van der Waals surface area contributed by atoms with Crippen LogP contribution in [0, 0.1) is 24.0 Å². The van der Waals surface area contributed by atoms with Crippen LogP contribution >= 0.6 is 0 Å². The maximum absolute atomic E-state index is 11.9. The number of nitrogens with one attached hydrogen (secondary N) is 1. The van der Waals surface area contributed by atoms with Gasteiger partial charge in [0.2, 0.25) is 5.91 Å². The summed E-state index contributed by atoms with van der Waals surface area (Å²) in [6, 6.07) is 3.28. The number of aliphatic hydroxyl groups is 1. The maximum atomic E-state index is 11.9. The quantitative estimate of drug-likeness (QED) is 0.582. The molecule has 2 aromatic heterocycles. The lowest BCUT2D eigenvalue weighted by Gasteiger charge is -2.21. The van der Waals surface area contributed by atoms with Gasteiger partial charge in [0, 0.05) is 6.42 Å². The van der Waals surface area contributed by atoms with Crippen molar-refractivity contribution in [2.24, 2.45) is 0 Å². The highest BCUT2D eigenvalue weighted by molar-refractivity contribution is 5.75. The Hall–Kier alpha value is -2.68. The van der Waals surface area contributed by atoms with Crippen LogP contribution in [0.15, 0.2) is 22.8 Å². The van der Waals surface area contributed by atoms with Crippen molar-refractivity contribution in [3.05, 3.63) is 45.7 Å². The zero-order chi connectivity index (χ0) is 17.9. The number of nitro groups is 1. The highest BCUT2D eigenvalue weighted by Crippen LogP contribution is 2.22. The molecule has 1 unspecified atom stereocenters. The van der Waals surface area contributed by atoms with Crippen molar-refractivity contribution in [3.63, 3.8) is 0 Å². The topological polar surface area (TPSA) is 123 Å². The lowest BCUT2D eigenvalue weighted by Crippen LogP contribution is -2.38. The van der Waals surface area contributed by atoms with E-state index in [4.69, 9.17) is 4.42 Å². The number of hydrogen-bond acceptors (Lipinski definition) is 6. The number of rotatable bonds is 7. The molecule has 24 heavy (non-hydrogen) atoms. The molecule has 0 bridgehead atoms. The van der Waals surface area contributed by atoms with Crippen LogP contribution < -0.4 is 5.32 Å². The first-order valence-electron chi connectivity index (χ1n) is 7.44. The number of furan rings is 1. The van der Waals surface area contributed by atoms with Crippen LogP contribution in [-0.4, -0.2) is 32.3 Å². The molecular weight excluding hydrogens is 316 g/mol. The average Bonchev–Trinajstić information content (AvgIpc) is 3.12. The van der Waals surface area contributed by atoms with Crippen molar-refractivity contribution >= 4 is 11.6 Å². The Morgan fingerprint density at radius 3 is 2.79 bits per heavy atom. The van der Waals surface area contributed by atoms with Crippen molar-refractivity contribution in [1.82, 2.24) is 15.1 Å². The predicted molar refractivity (Wildman–Crippen MR) is 84.3 cm³/mol. The lowest BCUT2D eigenvalue weighted by molar-refractivity contribution is -0.386. The van der Waals surface area contributed by atoms with E-state index in [0.717, 1.165) is 0 Å². The van der Waals surface area contributed by atoms with Gasteiger partial charge in [-0.2, -0.15) is 5.10 Å². The van der Waals surface area contributed by atoms with Crippen LogP contribution in [0.5, 0.6) is 0 Å². The molecule has 0 aliphatic rings. The minimum Gasteiger partial charge on any atom is -0.466 e. The van der Waals surface area contributed by atoms with Gasteiger partial charge in [0.25, 0.3) is 0 Å². The van der Waals surface area contributed by atoms with Gasteiger partial charge in [0.05, 0.1) is 24.3 Å². The molecular formula is C15H20N4O5. The van der Waals surface area contributed by atoms with E-state index in [-0.39, 0.29) is 31.1 Å². The standard InChI is InChI=1S/C15H20N4O5/c1-10-14(19(22)23)11(2)18(17-10)7-6-13(20)16-9-15(3,21)12-5-4-8-24-12/h4-5,8,21H,6-7,9H2,1-3H3,(H,16,20). The fourth-order valence-electron chi connectivity index (χ4n) is 2.41. The van der Waals surface area contributed by atoms with Gasteiger partial charge in [0.1, 0.15) is 22.7 Å². The molecule has 0 saturated heterocycles. The highest BCUT2D eigenvalue weighted by atomic mass is 16.6. The molecule has 0 aromatic carbocycles. The summed E-state index contributed by atoms with van der Waals surface area (Å²) < 4.78 is 6.58. The lowest BCUT2D eigenvalue weighted by atomic mass is 10.0. The molecule has 2 heterocycles. The van der Waals surface area contributed by atoms with Crippen molar-refractivity contribution in [2.75, 3.05) is 6.54 Å². The number of amides is 1. The molecule has 1 amide bonds. The molecule has 0 aliphatic heterocycles. The summed E-state index contributed by atoms with van der Waals surface area (Å²) in [5.41, 5.74) is -0.612. The molecule has 2 aromatic rings. The number of aryl methyl sites for hydroxylation is 2. The molecule has 9 heteroatoms. The van der Waals surface area contributed by atoms with Gasteiger partial charge in [0.15, 0.2) is 0 Å². The summed E-state index contributed by atoms with van der Waals surface area (Å²) in [6.45, 7) is 4.91. The van der Waals surface area contributed by atoms with Gasteiger partial charge in [-0.05, 0) is 32.9 Å². The molecule has 2 N–H and O–H groups in total. The number of carbonyl (C=O) groups is 1. The fraction of sp³-hybridized carbons (Fsp3) is 0.467. The van der Waals surface area contributed by atoms with E-state index in [1.807, 2.05) is 0 Å². The van der Waals surface area contributed by atoms with Crippen molar-refractivity contribution < 1.29 is 19.2 Å². The normalized spacial score (nSPS) is 13.5. The Bertz CT molecular complexity index is 733. The molecule has 0 spiro atoms.